The van der Waals surface area contributed by atoms with E-state index in [1.165, 1.54) is 23.5 Å². The van der Waals surface area contributed by atoms with Crippen molar-refractivity contribution in [1.29, 1.82) is 0 Å². The summed E-state index contributed by atoms with van der Waals surface area (Å²) in [4.78, 5) is 13.2. The topological polar surface area (TPSA) is 29.1 Å². The average Bonchev–Trinajstić information content (AvgIpc) is 2.89. The van der Waals surface area contributed by atoms with E-state index in [0.717, 1.165) is 30.6 Å². The highest BCUT2D eigenvalue weighted by molar-refractivity contribution is 8.67. The van der Waals surface area contributed by atoms with Crippen molar-refractivity contribution in [2.24, 2.45) is 0 Å². The van der Waals surface area contributed by atoms with E-state index >= 15 is 0 Å². The summed E-state index contributed by atoms with van der Waals surface area (Å²) in [6.07, 6.45) is 8.33. The van der Waals surface area contributed by atoms with Crippen LogP contribution in [0.3, 0.4) is 0 Å². The van der Waals surface area contributed by atoms with Gasteiger partial charge in [-0.25, -0.2) is 4.39 Å². The number of halogens is 2. The zero-order chi connectivity index (χ0) is 15.5. The molecule has 21 heavy (non-hydrogen) atoms. The lowest BCUT2D eigenvalue weighted by molar-refractivity contribution is -0.124. The standard InChI is InChI=1S/C15H20ClFNOPS/c1-3-14(19)15(10-4-5-11-15)18-20(2,16)21-13-8-6-12(17)7-9-13/h6-9,18H,2-5,10-11H2,1H3. The third kappa shape index (κ3) is 4.35. The zero-order valence-electron chi connectivity index (χ0n) is 12.1. The van der Waals surface area contributed by atoms with Gasteiger partial charge in [-0.05, 0) is 37.1 Å². The Hall–Kier alpha value is -0.280. The maximum Gasteiger partial charge on any atom is 0.152 e. The number of carbonyl (C=O) groups excluding carboxylic acids is 1. The van der Waals surface area contributed by atoms with Crippen LogP contribution >= 0.6 is 28.2 Å². The van der Waals surface area contributed by atoms with Crippen LogP contribution in [0.5, 0.6) is 0 Å². The number of hydrogen-bond donors (Lipinski definition) is 1. The van der Waals surface area contributed by atoms with Crippen LogP contribution in [0.1, 0.15) is 39.0 Å². The molecule has 2 nitrogen and oxygen atoms in total. The molecule has 1 fully saturated rings. The molecular weight excluding hydrogens is 328 g/mol. The van der Waals surface area contributed by atoms with Crippen LogP contribution in [0.4, 0.5) is 4.39 Å². The van der Waals surface area contributed by atoms with Gasteiger partial charge < -0.3 is 0 Å². The van der Waals surface area contributed by atoms with E-state index in [4.69, 9.17) is 11.2 Å². The van der Waals surface area contributed by atoms with Crippen LogP contribution in [0, 0.1) is 5.82 Å². The monoisotopic (exact) mass is 347 g/mol. The number of nitrogens with one attached hydrogen (secondary N) is 1. The number of rotatable bonds is 6. The van der Waals surface area contributed by atoms with Crippen LogP contribution in [0.2, 0.25) is 0 Å². The van der Waals surface area contributed by atoms with E-state index in [-0.39, 0.29) is 11.6 Å². The number of hydrogen-bond acceptors (Lipinski definition) is 3. The van der Waals surface area contributed by atoms with E-state index in [1.807, 2.05) is 6.92 Å². The Morgan fingerprint density at radius 2 is 2.00 bits per heavy atom. The maximum absolute atomic E-state index is 13.0. The fourth-order valence-corrected chi connectivity index (χ4v) is 7.63. The summed E-state index contributed by atoms with van der Waals surface area (Å²) in [7, 11) is 0. The third-order valence-corrected chi connectivity index (χ3v) is 7.94. The number of carbonyl (C=O) groups is 1. The molecule has 0 bridgehead atoms. The number of Topliss-reactive ketones (excluding diaryl/α,β-unsaturated/α-hetero) is 1. The van der Waals surface area contributed by atoms with Crippen molar-refractivity contribution in [2.75, 3.05) is 0 Å². The molecule has 1 aliphatic rings. The number of benzene rings is 1. The van der Waals surface area contributed by atoms with Gasteiger partial charge in [-0.2, -0.15) is 0 Å². The molecule has 116 valence electrons. The molecule has 1 aromatic rings. The largest absolute Gasteiger partial charge is 0.298 e. The van der Waals surface area contributed by atoms with E-state index in [9.17, 15) is 9.18 Å². The Morgan fingerprint density at radius 1 is 1.43 bits per heavy atom. The Morgan fingerprint density at radius 3 is 2.52 bits per heavy atom. The molecule has 2 rings (SSSR count). The molecule has 0 saturated heterocycles. The van der Waals surface area contributed by atoms with Gasteiger partial charge in [0.2, 0.25) is 0 Å². The lowest BCUT2D eigenvalue weighted by Crippen LogP contribution is -2.46. The molecule has 0 radical (unpaired) electrons. The van der Waals surface area contributed by atoms with Gasteiger partial charge in [0, 0.05) is 11.3 Å². The van der Waals surface area contributed by atoms with E-state index in [2.05, 4.69) is 11.4 Å². The van der Waals surface area contributed by atoms with E-state index in [1.54, 1.807) is 12.1 Å². The highest BCUT2D eigenvalue weighted by Crippen LogP contribution is 2.64. The van der Waals surface area contributed by atoms with Crippen molar-refractivity contribution in [3.8, 4) is 0 Å². The van der Waals surface area contributed by atoms with Crippen molar-refractivity contribution in [3.05, 3.63) is 30.1 Å². The zero-order valence-corrected chi connectivity index (χ0v) is 14.5. The summed E-state index contributed by atoms with van der Waals surface area (Å²) in [5, 5.41) is 3.37. The molecule has 0 heterocycles. The average molecular weight is 348 g/mol. The molecule has 6 heteroatoms. The molecule has 1 unspecified atom stereocenters. The molecule has 0 aromatic heterocycles. The lowest BCUT2D eigenvalue weighted by Gasteiger charge is -2.33. The molecule has 0 amide bonds. The Bertz CT molecular complexity index is 557. The van der Waals surface area contributed by atoms with Gasteiger partial charge in [0.25, 0.3) is 0 Å². The predicted octanol–water partition coefficient (Wildman–Crippen LogP) is 5.23. The summed E-state index contributed by atoms with van der Waals surface area (Å²) < 4.78 is 13.0. The van der Waals surface area contributed by atoms with Crippen molar-refractivity contribution >= 4 is 40.3 Å². The molecule has 1 N–H and O–H groups in total. The van der Waals surface area contributed by atoms with Crippen LogP contribution in [-0.4, -0.2) is 17.6 Å². The van der Waals surface area contributed by atoms with Crippen LogP contribution < -0.4 is 5.09 Å². The van der Waals surface area contributed by atoms with Crippen molar-refractivity contribution in [3.63, 3.8) is 0 Å². The highest BCUT2D eigenvalue weighted by Gasteiger charge is 2.42. The minimum Gasteiger partial charge on any atom is -0.298 e. The minimum atomic E-state index is -2.32. The molecule has 1 atom stereocenters. The van der Waals surface area contributed by atoms with Crippen LogP contribution in [0.25, 0.3) is 0 Å². The summed E-state index contributed by atoms with van der Waals surface area (Å²) in [6.45, 7) is 1.88. The first-order valence-electron chi connectivity index (χ1n) is 7.08. The second kappa shape index (κ2) is 6.87. The van der Waals surface area contributed by atoms with Crippen molar-refractivity contribution in [1.82, 2.24) is 5.09 Å². The van der Waals surface area contributed by atoms with Crippen LogP contribution in [0.15, 0.2) is 29.2 Å². The first-order valence-corrected chi connectivity index (χ1v) is 11.4. The van der Waals surface area contributed by atoms with Gasteiger partial charge >= 0.3 is 0 Å². The van der Waals surface area contributed by atoms with Gasteiger partial charge in [0.15, 0.2) is 5.78 Å². The molecule has 0 aliphatic heterocycles. The Balaban J connectivity index is 2.13. The molecule has 1 saturated carbocycles. The fourth-order valence-electron chi connectivity index (χ4n) is 2.77. The predicted molar refractivity (Wildman–Crippen MR) is 91.8 cm³/mol. The summed E-state index contributed by atoms with van der Waals surface area (Å²) in [5.41, 5.74) is -2.83. The SMILES string of the molecule is C=P(Cl)(NC1(C(=O)CC)CCCC1)Sc1ccc(F)cc1. The minimum absolute atomic E-state index is 0.216. The third-order valence-electron chi connectivity index (χ3n) is 3.76. The quantitative estimate of drug-likeness (QED) is 0.714. The molecule has 0 spiro atoms. The van der Waals surface area contributed by atoms with Crippen molar-refractivity contribution in [2.45, 2.75) is 49.5 Å². The van der Waals surface area contributed by atoms with Gasteiger partial charge in [0.1, 0.15) is 5.82 Å². The smallest absolute Gasteiger partial charge is 0.152 e. The van der Waals surface area contributed by atoms with Gasteiger partial charge in [0.05, 0.1) is 11.1 Å². The highest BCUT2D eigenvalue weighted by atomic mass is 35.7. The van der Waals surface area contributed by atoms with Crippen molar-refractivity contribution < 1.29 is 9.18 Å². The summed E-state index contributed by atoms with van der Waals surface area (Å²) >= 11 is 7.99. The molecule has 1 aromatic carbocycles. The molecular formula is C15H20ClFNOPS. The Labute approximate surface area is 134 Å². The van der Waals surface area contributed by atoms with E-state index < -0.39 is 11.1 Å². The second-order valence-electron chi connectivity index (χ2n) is 5.37. The molecule has 1 aliphatic carbocycles. The van der Waals surface area contributed by atoms with Gasteiger partial charge in [-0.1, -0.05) is 48.7 Å². The van der Waals surface area contributed by atoms with Gasteiger partial charge in [-0.3, -0.25) is 9.88 Å². The first-order chi connectivity index (χ1) is 9.87. The van der Waals surface area contributed by atoms with Gasteiger partial charge in [-0.15, -0.1) is 0 Å². The first kappa shape index (κ1) is 17.1. The lowest BCUT2D eigenvalue weighted by atomic mass is 9.92. The summed E-state index contributed by atoms with van der Waals surface area (Å²) in [6, 6.07) is 6.18. The Kier molecular flexibility index (Phi) is 5.59. The normalized spacial score (nSPS) is 20.1. The van der Waals surface area contributed by atoms with Crippen LogP contribution in [-0.2, 0) is 4.79 Å². The van der Waals surface area contributed by atoms with E-state index in [0.29, 0.717) is 6.42 Å². The summed E-state index contributed by atoms with van der Waals surface area (Å²) in [5.74, 6) is -0.0586. The second-order valence-corrected chi connectivity index (χ2v) is 12.3. The number of ketones is 1. The fraction of sp³-hybridized carbons (Fsp3) is 0.467. The maximum atomic E-state index is 13.0.